The summed E-state index contributed by atoms with van der Waals surface area (Å²) in [6, 6.07) is 5.00. The molecule has 0 atom stereocenters. The van der Waals surface area contributed by atoms with Crippen molar-refractivity contribution in [2.24, 2.45) is 0 Å². The molecule has 0 saturated heterocycles. The molecule has 0 amide bonds. The maximum Gasteiger partial charge on any atom is 0.323 e. The Labute approximate surface area is 227 Å². The predicted molar refractivity (Wildman–Crippen MR) is 146 cm³/mol. The van der Waals surface area contributed by atoms with E-state index in [2.05, 4.69) is 6.92 Å². The second kappa shape index (κ2) is 22.4. The largest absolute Gasteiger partial charge is 0.493 e. The molecular weight excluding hydrogens is 494 g/mol. The SMILES string of the molecule is CCCCCCCCCCOc1cc(OCCOCCOCCOCC)cc(N(CC(=O)O)CC(=O)O)c1. The van der Waals surface area contributed by atoms with Crippen LogP contribution in [0.2, 0.25) is 0 Å². The monoisotopic (exact) mass is 541 g/mol. The Morgan fingerprint density at radius 2 is 1.11 bits per heavy atom. The number of nitrogens with zero attached hydrogens (tertiary/aromatic N) is 1. The van der Waals surface area contributed by atoms with E-state index in [1.807, 2.05) is 6.92 Å². The van der Waals surface area contributed by atoms with Gasteiger partial charge in [0.15, 0.2) is 0 Å². The summed E-state index contributed by atoms with van der Waals surface area (Å²) in [7, 11) is 0. The fraction of sp³-hybridized carbons (Fsp3) is 0.714. The molecule has 0 spiro atoms. The van der Waals surface area contributed by atoms with E-state index >= 15 is 0 Å². The summed E-state index contributed by atoms with van der Waals surface area (Å²) >= 11 is 0. The summed E-state index contributed by atoms with van der Waals surface area (Å²) in [5.74, 6) is -1.30. The van der Waals surface area contributed by atoms with Gasteiger partial charge in [-0.15, -0.1) is 0 Å². The third-order valence-corrected chi connectivity index (χ3v) is 5.59. The first-order valence-corrected chi connectivity index (χ1v) is 13.8. The van der Waals surface area contributed by atoms with Gasteiger partial charge in [0.1, 0.15) is 31.2 Å². The van der Waals surface area contributed by atoms with Gasteiger partial charge < -0.3 is 38.8 Å². The van der Waals surface area contributed by atoms with E-state index in [1.54, 1.807) is 18.2 Å². The number of hydrogen-bond acceptors (Lipinski definition) is 8. The molecule has 0 unspecified atom stereocenters. The molecule has 0 aliphatic heterocycles. The van der Waals surface area contributed by atoms with Crippen molar-refractivity contribution in [3.63, 3.8) is 0 Å². The van der Waals surface area contributed by atoms with Crippen LogP contribution < -0.4 is 14.4 Å². The Balaban J connectivity index is 2.61. The third-order valence-electron chi connectivity index (χ3n) is 5.59. The van der Waals surface area contributed by atoms with Crippen molar-refractivity contribution in [2.45, 2.75) is 65.2 Å². The van der Waals surface area contributed by atoms with Crippen LogP contribution in [0.15, 0.2) is 18.2 Å². The minimum absolute atomic E-state index is 0.262. The van der Waals surface area contributed by atoms with Gasteiger partial charge in [0.2, 0.25) is 0 Å². The maximum absolute atomic E-state index is 11.3. The molecule has 10 heteroatoms. The van der Waals surface area contributed by atoms with Crippen molar-refractivity contribution in [2.75, 3.05) is 70.8 Å². The normalized spacial score (nSPS) is 10.9. The molecule has 1 aromatic carbocycles. The lowest BCUT2D eigenvalue weighted by Crippen LogP contribution is -2.34. The minimum atomic E-state index is -1.13. The molecule has 0 heterocycles. The summed E-state index contributed by atoms with van der Waals surface area (Å²) in [6.45, 7) is 6.95. The Morgan fingerprint density at radius 3 is 1.63 bits per heavy atom. The van der Waals surface area contributed by atoms with Gasteiger partial charge in [-0.2, -0.15) is 0 Å². The van der Waals surface area contributed by atoms with Gasteiger partial charge >= 0.3 is 11.9 Å². The van der Waals surface area contributed by atoms with E-state index in [0.717, 1.165) is 12.8 Å². The number of rotatable bonds is 26. The molecule has 0 saturated carbocycles. The van der Waals surface area contributed by atoms with E-state index in [1.165, 1.54) is 43.4 Å². The number of hydrogen-bond donors (Lipinski definition) is 2. The second-order valence-corrected chi connectivity index (χ2v) is 8.90. The van der Waals surface area contributed by atoms with Crippen molar-refractivity contribution in [1.82, 2.24) is 0 Å². The van der Waals surface area contributed by atoms with Gasteiger partial charge in [0, 0.05) is 30.5 Å². The Bertz CT molecular complexity index is 744. The first kappa shape index (κ1) is 33.5. The predicted octanol–water partition coefficient (Wildman–Crippen LogP) is 4.63. The van der Waals surface area contributed by atoms with Crippen LogP contribution in [-0.2, 0) is 23.8 Å². The highest BCUT2D eigenvalue weighted by Gasteiger charge is 2.17. The van der Waals surface area contributed by atoms with Crippen LogP contribution >= 0.6 is 0 Å². The molecular formula is C28H47NO9. The van der Waals surface area contributed by atoms with Gasteiger partial charge in [0.05, 0.1) is 39.6 Å². The molecule has 1 rings (SSSR count). The zero-order valence-corrected chi connectivity index (χ0v) is 23.2. The summed E-state index contributed by atoms with van der Waals surface area (Å²) in [5.41, 5.74) is 0.404. The molecule has 10 nitrogen and oxygen atoms in total. The molecule has 0 aliphatic carbocycles. The number of carboxylic acid groups (broad SMARTS) is 2. The number of anilines is 1. The van der Waals surface area contributed by atoms with E-state index in [0.29, 0.717) is 63.4 Å². The van der Waals surface area contributed by atoms with Gasteiger partial charge in [-0.05, 0) is 13.3 Å². The molecule has 0 bridgehead atoms. The number of carboxylic acids is 2. The first-order valence-electron chi connectivity index (χ1n) is 13.8. The fourth-order valence-corrected chi connectivity index (χ4v) is 3.70. The standard InChI is InChI=1S/C28H47NO9/c1-3-5-6-7-8-9-10-11-12-37-25-19-24(29(22-27(30)31)23-28(32)33)20-26(21-25)38-18-17-36-16-15-35-14-13-34-4-2/h19-21H,3-18,22-23H2,1-2H3,(H,30,31)(H,32,33). The smallest absolute Gasteiger partial charge is 0.323 e. The Hall–Kier alpha value is -2.56. The molecule has 1 aromatic rings. The number of aliphatic carboxylic acids is 2. The van der Waals surface area contributed by atoms with Crippen molar-refractivity contribution in [1.29, 1.82) is 0 Å². The number of benzene rings is 1. The third kappa shape index (κ3) is 17.8. The number of carbonyl (C=O) groups is 2. The van der Waals surface area contributed by atoms with Crippen LogP contribution in [0.1, 0.15) is 65.2 Å². The van der Waals surface area contributed by atoms with Gasteiger partial charge in [-0.25, -0.2) is 0 Å². The zero-order valence-electron chi connectivity index (χ0n) is 23.2. The Morgan fingerprint density at radius 1 is 0.632 bits per heavy atom. The molecule has 0 aromatic heterocycles. The van der Waals surface area contributed by atoms with Crippen LogP contribution in [-0.4, -0.2) is 88.1 Å². The van der Waals surface area contributed by atoms with E-state index in [4.69, 9.17) is 23.7 Å². The summed E-state index contributed by atoms with van der Waals surface area (Å²) in [6.07, 6.45) is 9.48. The number of ether oxygens (including phenoxy) is 5. The lowest BCUT2D eigenvalue weighted by atomic mass is 10.1. The van der Waals surface area contributed by atoms with Crippen molar-refractivity contribution >= 4 is 17.6 Å². The fourth-order valence-electron chi connectivity index (χ4n) is 3.70. The molecule has 218 valence electrons. The summed E-state index contributed by atoms with van der Waals surface area (Å²) in [5, 5.41) is 18.5. The molecule has 0 radical (unpaired) electrons. The lowest BCUT2D eigenvalue weighted by Gasteiger charge is -2.22. The van der Waals surface area contributed by atoms with Gasteiger partial charge in [-0.3, -0.25) is 9.59 Å². The van der Waals surface area contributed by atoms with Crippen molar-refractivity contribution < 1.29 is 43.5 Å². The summed E-state index contributed by atoms with van der Waals surface area (Å²) < 4.78 is 27.9. The molecule has 38 heavy (non-hydrogen) atoms. The van der Waals surface area contributed by atoms with E-state index in [-0.39, 0.29) is 6.61 Å². The van der Waals surface area contributed by atoms with Crippen molar-refractivity contribution in [3.05, 3.63) is 18.2 Å². The lowest BCUT2D eigenvalue weighted by molar-refractivity contribution is -0.136. The van der Waals surface area contributed by atoms with E-state index < -0.39 is 25.0 Å². The highest BCUT2D eigenvalue weighted by Crippen LogP contribution is 2.29. The average molecular weight is 542 g/mol. The quantitative estimate of drug-likeness (QED) is 0.160. The molecule has 2 N–H and O–H groups in total. The van der Waals surface area contributed by atoms with Crippen LogP contribution in [0.3, 0.4) is 0 Å². The zero-order chi connectivity index (χ0) is 27.8. The maximum atomic E-state index is 11.3. The Kier molecular flexibility index (Phi) is 19.8. The van der Waals surface area contributed by atoms with Crippen LogP contribution in [0.4, 0.5) is 5.69 Å². The van der Waals surface area contributed by atoms with Crippen LogP contribution in [0.25, 0.3) is 0 Å². The van der Waals surface area contributed by atoms with Crippen LogP contribution in [0.5, 0.6) is 11.5 Å². The first-order chi connectivity index (χ1) is 18.5. The van der Waals surface area contributed by atoms with Gasteiger partial charge in [0.25, 0.3) is 0 Å². The summed E-state index contributed by atoms with van der Waals surface area (Å²) in [4.78, 5) is 23.9. The molecule has 0 fully saturated rings. The second-order valence-electron chi connectivity index (χ2n) is 8.90. The number of unbranched alkanes of at least 4 members (excludes halogenated alkanes) is 7. The minimum Gasteiger partial charge on any atom is -0.493 e. The van der Waals surface area contributed by atoms with Crippen LogP contribution in [0, 0.1) is 0 Å². The topological polar surface area (TPSA) is 124 Å². The average Bonchev–Trinajstić information content (AvgIpc) is 2.88. The molecule has 0 aliphatic rings. The van der Waals surface area contributed by atoms with Gasteiger partial charge in [-0.1, -0.05) is 51.9 Å². The van der Waals surface area contributed by atoms with E-state index in [9.17, 15) is 19.8 Å². The highest BCUT2D eigenvalue weighted by atomic mass is 16.6. The highest BCUT2D eigenvalue weighted by molar-refractivity contribution is 5.80. The van der Waals surface area contributed by atoms with Crippen molar-refractivity contribution in [3.8, 4) is 11.5 Å².